The van der Waals surface area contributed by atoms with Crippen LogP contribution in [0.15, 0.2) is 36.4 Å². The van der Waals surface area contributed by atoms with Crippen LogP contribution in [-0.2, 0) is 13.2 Å². The number of benzene rings is 2. The summed E-state index contributed by atoms with van der Waals surface area (Å²) in [6.45, 7) is 3.11. The SMILES string of the molecule is CCCCn1nnnc1COc1ccc2ccccc2c1C=O. The number of unbranched alkanes of at least 4 members (excludes halogenated alkanes) is 1. The molecule has 0 spiro atoms. The summed E-state index contributed by atoms with van der Waals surface area (Å²) in [6.07, 6.45) is 2.91. The molecular weight excluding hydrogens is 292 g/mol. The molecule has 0 aliphatic carbocycles. The largest absolute Gasteiger partial charge is 0.485 e. The van der Waals surface area contributed by atoms with E-state index in [2.05, 4.69) is 22.4 Å². The van der Waals surface area contributed by atoms with E-state index in [-0.39, 0.29) is 6.61 Å². The molecule has 0 bridgehead atoms. The molecule has 0 atom stereocenters. The van der Waals surface area contributed by atoms with Gasteiger partial charge in [0.15, 0.2) is 12.1 Å². The van der Waals surface area contributed by atoms with Crippen molar-refractivity contribution >= 4 is 17.1 Å². The van der Waals surface area contributed by atoms with Gasteiger partial charge in [-0.25, -0.2) is 4.68 Å². The summed E-state index contributed by atoms with van der Waals surface area (Å²) in [5, 5.41) is 13.5. The first-order valence-corrected chi connectivity index (χ1v) is 7.68. The molecule has 0 unspecified atom stereocenters. The molecule has 1 aromatic heterocycles. The highest BCUT2D eigenvalue weighted by Gasteiger charge is 2.11. The number of carbonyl (C=O) groups excluding carboxylic acids is 1. The number of carbonyl (C=O) groups is 1. The fraction of sp³-hybridized carbons (Fsp3) is 0.294. The fourth-order valence-corrected chi connectivity index (χ4v) is 2.47. The number of rotatable bonds is 7. The van der Waals surface area contributed by atoms with Gasteiger partial charge in [-0.1, -0.05) is 43.7 Å². The summed E-state index contributed by atoms with van der Waals surface area (Å²) < 4.78 is 7.55. The number of ether oxygens (including phenoxy) is 1. The van der Waals surface area contributed by atoms with Crippen molar-refractivity contribution in [2.24, 2.45) is 0 Å². The van der Waals surface area contributed by atoms with Crippen LogP contribution in [-0.4, -0.2) is 26.5 Å². The number of hydrogen-bond donors (Lipinski definition) is 0. The quantitative estimate of drug-likeness (QED) is 0.627. The third-order valence-corrected chi connectivity index (χ3v) is 3.73. The lowest BCUT2D eigenvalue weighted by Gasteiger charge is -2.10. The van der Waals surface area contributed by atoms with E-state index in [0.29, 0.717) is 17.1 Å². The Morgan fingerprint density at radius 2 is 2.09 bits per heavy atom. The minimum Gasteiger partial charge on any atom is -0.485 e. The van der Waals surface area contributed by atoms with Crippen molar-refractivity contribution in [1.29, 1.82) is 0 Å². The molecule has 3 aromatic rings. The van der Waals surface area contributed by atoms with Crippen LogP contribution in [0.1, 0.15) is 35.9 Å². The molecule has 3 rings (SSSR count). The Kier molecular flexibility index (Phi) is 4.61. The molecule has 6 heteroatoms. The van der Waals surface area contributed by atoms with Crippen LogP contribution < -0.4 is 4.74 Å². The van der Waals surface area contributed by atoms with Crippen LogP contribution in [0.4, 0.5) is 0 Å². The van der Waals surface area contributed by atoms with Gasteiger partial charge >= 0.3 is 0 Å². The predicted octanol–water partition coefficient (Wildman–Crippen LogP) is 3.02. The topological polar surface area (TPSA) is 69.9 Å². The molecule has 0 aliphatic heterocycles. The Balaban J connectivity index is 1.82. The Labute approximate surface area is 134 Å². The summed E-state index contributed by atoms with van der Waals surface area (Å²) in [5.74, 6) is 1.20. The van der Waals surface area contributed by atoms with Gasteiger partial charge in [-0.2, -0.15) is 0 Å². The highest BCUT2D eigenvalue weighted by atomic mass is 16.5. The standard InChI is InChI=1S/C17H18N4O2/c1-2-3-10-21-17(18-19-20-21)12-23-16-9-8-13-6-4-5-7-14(13)15(16)11-22/h4-9,11H,2-3,10,12H2,1H3. The second-order valence-corrected chi connectivity index (χ2v) is 5.28. The number of nitrogens with zero attached hydrogens (tertiary/aromatic N) is 4. The van der Waals surface area contributed by atoms with E-state index in [1.54, 1.807) is 4.68 Å². The van der Waals surface area contributed by atoms with Crippen LogP contribution >= 0.6 is 0 Å². The lowest BCUT2D eigenvalue weighted by molar-refractivity contribution is 0.112. The van der Waals surface area contributed by atoms with E-state index in [0.717, 1.165) is 36.4 Å². The Morgan fingerprint density at radius 3 is 2.91 bits per heavy atom. The summed E-state index contributed by atoms with van der Waals surface area (Å²) >= 11 is 0. The fourth-order valence-electron chi connectivity index (χ4n) is 2.47. The summed E-state index contributed by atoms with van der Waals surface area (Å²) in [6, 6.07) is 11.5. The molecule has 0 N–H and O–H groups in total. The van der Waals surface area contributed by atoms with Gasteiger partial charge < -0.3 is 4.74 Å². The van der Waals surface area contributed by atoms with E-state index in [9.17, 15) is 4.79 Å². The Hall–Kier alpha value is -2.76. The minimum absolute atomic E-state index is 0.232. The second-order valence-electron chi connectivity index (χ2n) is 5.28. The van der Waals surface area contributed by atoms with Crippen LogP contribution in [0, 0.1) is 0 Å². The number of aromatic nitrogens is 4. The number of fused-ring (bicyclic) bond motifs is 1. The molecular formula is C17H18N4O2. The molecule has 2 aromatic carbocycles. The molecule has 6 nitrogen and oxygen atoms in total. The summed E-state index contributed by atoms with van der Waals surface area (Å²) in [5.41, 5.74) is 0.552. The maximum Gasteiger partial charge on any atom is 0.189 e. The molecule has 0 saturated carbocycles. The van der Waals surface area contributed by atoms with Crippen LogP contribution in [0.3, 0.4) is 0 Å². The van der Waals surface area contributed by atoms with Crippen molar-refractivity contribution in [2.45, 2.75) is 32.9 Å². The molecule has 0 amide bonds. The van der Waals surface area contributed by atoms with Gasteiger partial charge in [0, 0.05) is 6.54 Å². The summed E-state index contributed by atoms with van der Waals surface area (Å²) in [4.78, 5) is 11.5. The van der Waals surface area contributed by atoms with E-state index < -0.39 is 0 Å². The third kappa shape index (κ3) is 3.21. The van der Waals surface area contributed by atoms with Crippen molar-refractivity contribution in [3.63, 3.8) is 0 Å². The van der Waals surface area contributed by atoms with Gasteiger partial charge in [-0.05, 0) is 33.7 Å². The maximum absolute atomic E-state index is 11.5. The first-order valence-electron chi connectivity index (χ1n) is 7.68. The zero-order valence-electron chi connectivity index (χ0n) is 13.0. The minimum atomic E-state index is 0.232. The van der Waals surface area contributed by atoms with E-state index in [1.165, 1.54) is 0 Å². The van der Waals surface area contributed by atoms with Gasteiger partial charge in [-0.15, -0.1) is 5.10 Å². The zero-order chi connectivity index (χ0) is 16.1. The molecule has 0 fully saturated rings. The Morgan fingerprint density at radius 1 is 1.22 bits per heavy atom. The van der Waals surface area contributed by atoms with Gasteiger partial charge in [0.05, 0.1) is 5.56 Å². The maximum atomic E-state index is 11.5. The molecule has 23 heavy (non-hydrogen) atoms. The van der Waals surface area contributed by atoms with Crippen LogP contribution in [0.25, 0.3) is 10.8 Å². The first kappa shape index (κ1) is 15.1. The van der Waals surface area contributed by atoms with Crippen LogP contribution in [0.5, 0.6) is 5.75 Å². The molecule has 0 saturated heterocycles. The number of tetrazole rings is 1. The van der Waals surface area contributed by atoms with Crippen molar-refractivity contribution in [3.05, 3.63) is 47.8 Å². The van der Waals surface area contributed by atoms with E-state index >= 15 is 0 Å². The predicted molar refractivity (Wildman–Crippen MR) is 86.4 cm³/mol. The van der Waals surface area contributed by atoms with Gasteiger partial charge in [0.2, 0.25) is 0 Å². The van der Waals surface area contributed by atoms with Gasteiger partial charge in [-0.3, -0.25) is 4.79 Å². The first-order chi connectivity index (χ1) is 11.3. The number of aldehydes is 1. The van der Waals surface area contributed by atoms with Crippen LogP contribution in [0.2, 0.25) is 0 Å². The second kappa shape index (κ2) is 7.00. The molecule has 0 aliphatic rings. The average molecular weight is 310 g/mol. The van der Waals surface area contributed by atoms with Crippen molar-refractivity contribution in [2.75, 3.05) is 0 Å². The number of hydrogen-bond acceptors (Lipinski definition) is 5. The zero-order valence-corrected chi connectivity index (χ0v) is 13.0. The molecule has 1 heterocycles. The smallest absolute Gasteiger partial charge is 0.189 e. The number of aryl methyl sites for hydroxylation is 1. The van der Waals surface area contributed by atoms with Gasteiger partial charge in [0.1, 0.15) is 12.4 Å². The van der Waals surface area contributed by atoms with Crippen molar-refractivity contribution in [3.8, 4) is 5.75 Å². The van der Waals surface area contributed by atoms with Gasteiger partial charge in [0.25, 0.3) is 0 Å². The third-order valence-electron chi connectivity index (χ3n) is 3.73. The molecule has 0 radical (unpaired) electrons. The highest BCUT2D eigenvalue weighted by molar-refractivity contribution is 6.00. The Bertz CT molecular complexity index is 813. The normalized spacial score (nSPS) is 10.8. The van der Waals surface area contributed by atoms with E-state index in [4.69, 9.17) is 4.74 Å². The van der Waals surface area contributed by atoms with E-state index in [1.807, 2.05) is 36.4 Å². The monoisotopic (exact) mass is 310 g/mol. The average Bonchev–Trinajstić information content (AvgIpc) is 3.04. The van der Waals surface area contributed by atoms with Crippen molar-refractivity contribution < 1.29 is 9.53 Å². The summed E-state index contributed by atoms with van der Waals surface area (Å²) in [7, 11) is 0. The lowest BCUT2D eigenvalue weighted by atomic mass is 10.0. The molecule has 118 valence electrons. The van der Waals surface area contributed by atoms with Crippen molar-refractivity contribution in [1.82, 2.24) is 20.2 Å². The highest BCUT2D eigenvalue weighted by Crippen LogP contribution is 2.27. The lowest BCUT2D eigenvalue weighted by Crippen LogP contribution is -2.09.